The molecule has 5 heteroatoms. The van der Waals surface area contributed by atoms with Gasteiger partial charge in [-0.25, -0.2) is 15.0 Å². The molecule has 0 unspecified atom stereocenters. The van der Waals surface area contributed by atoms with Gasteiger partial charge in [-0.1, -0.05) is 20.8 Å². The molecular formula is C13H18N4S. The molecule has 1 N–H and O–H groups in total. The fourth-order valence-corrected chi connectivity index (χ4v) is 2.10. The highest BCUT2D eigenvalue weighted by Crippen LogP contribution is 2.26. The molecule has 0 aromatic carbocycles. The lowest BCUT2D eigenvalue weighted by molar-refractivity contribution is 0.568. The van der Waals surface area contributed by atoms with Gasteiger partial charge in [0.25, 0.3) is 0 Å². The normalized spacial score (nSPS) is 11.6. The van der Waals surface area contributed by atoms with Gasteiger partial charge >= 0.3 is 0 Å². The van der Waals surface area contributed by atoms with E-state index >= 15 is 0 Å². The van der Waals surface area contributed by atoms with Gasteiger partial charge < -0.3 is 5.32 Å². The lowest BCUT2D eigenvalue weighted by atomic mass is 9.92. The Balaban J connectivity index is 2.50. The average molecular weight is 262 g/mol. The van der Waals surface area contributed by atoms with Crippen molar-refractivity contribution in [2.75, 3.05) is 11.9 Å². The summed E-state index contributed by atoms with van der Waals surface area (Å²) in [7, 11) is 0. The summed E-state index contributed by atoms with van der Waals surface area (Å²) >= 11 is 1.56. The molecule has 0 spiro atoms. The maximum atomic E-state index is 4.63. The summed E-state index contributed by atoms with van der Waals surface area (Å²) in [6, 6.07) is 2.01. The van der Waals surface area contributed by atoms with Crippen LogP contribution >= 0.6 is 11.3 Å². The van der Waals surface area contributed by atoms with Crippen molar-refractivity contribution in [2.24, 2.45) is 0 Å². The Morgan fingerprint density at radius 2 is 2.06 bits per heavy atom. The molecule has 0 radical (unpaired) electrons. The number of nitrogens with zero attached hydrogens (tertiary/aromatic N) is 3. The van der Waals surface area contributed by atoms with Crippen molar-refractivity contribution in [3.8, 4) is 10.8 Å². The molecule has 0 bridgehead atoms. The Bertz CT molecular complexity index is 514. The molecule has 2 aromatic heterocycles. The van der Waals surface area contributed by atoms with Crippen LogP contribution in [0.3, 0.4) is 0 Å². The van der Waals surface area contributed by atoms with E-state index in [1.54, 1.807) is 17.5 Å². The maximum absolute atomic E-state index is 4.63. The monoisotopic (exact) mass is 262 g/mol. The summed E-state index contributed by atoms with van der Waals surface area (Å²) in [6.07, 6.45) is 1.78. The molecule has 0 aliphatic heterocycles. The number of anilines is 1. The van der Waals surface area contributed by atoms with Crippen molar-refractivity contribution >= 4 is 17.2 Å². The Morgan fingerprint density at radius 1 is 1.28 bits per heavy atom. The Kier molecular flexibility index (Phi) is 3.61. The van der Waals surface area contributed by atoms with Gasteiger partial charge in [-0.15, -0.1) is 11.3 Å². The van der Waals surface area contributed by atoms with E-state index in [1.165, 1.54) is 0 Å². The van der Waals surface area contributed by atoms with Crippen molar-refractivity contribution < 1.29 is 0 Å². The second-order valence-electron chi connectivity index (χ2n) is 5.08. The third kappa shape index (κ3) is 2.85. The fraction of sp³-hybridized carbons (Fsp3) is 0.462. The first kappa shape index (κ1) is 13.0. The number of thiazole rings is 1. The van der Waals surface area contributed by atoms with Gasteiger partial charge in [0.05, 0.1) is 5.69 Å². The summed E-state index contributed by atoms with van der Waals surface area (Å²) in [6.45, 7) is 9.35. The van der Waals surface area contributed by atoms with Gasteiger partial charge in [0.1, 0.15) is 5.82 Å². The number of nitrogens with one attached hydrogen (secondary N) is 1. The Labute approximate surface area is 112 Å². The molecule has 4 nitrogen and oxygen atoms in total. The lowest BCUT2D eigenvalue weighted by Crippen LogP contribution is -2.15. The van der Waals surface area contributed by atoms with Crippen LogP contribution in [0.15, 0.2) is 17.6 Å². The van der Waals surface area contributed by atoms with E-state index in [-0.39, 0.29) is 5.41 Å². The minimum absolute atomic E-state index is 0.000872. The van der Waals surface area contributed by atoms with Crippen LogP contribution < -0.4 is 5.32 Å². The van der Waals surface area contributed by atoms with E-state index in [0.717, 1.165) is 23.1 Å². The third-order valence-corrected chi connectivity index (χ3v) is 3.25. The summed E-state index contributed by atoms with van der Waals surface area (Å²) < 4.78 is 0. The molecule has 18 heavy (non-hydrogen) atoms. The molecule has 0 saturated carbocycles. The predicted octanol–water partition coefficient (Wildman–Crippen LogP) is 3.33. The van der Waals surface area contributed by atoms with Crippen molar-refractivity contribution in [3.05, 3.63) is 23.3 Å². The van der Waals surface area contributed by atoms with Gasteiger partial charge in [-0.05, 0) is 6.92 Å². The molecule has 96 valence electrons. The van der Waals surface area contributed by atoms with E-state index in [0.29, 0.717) is 5.82 Å². The first-order valence-electron chi connectivity index (χ1n) is 6.04. The minimum atomic E-state index is -0.000872. The highest BCUT2D eigenvalue weighted by atomic mass is 32.1. The van der Waals surface area contributed by atoms with Crippen LogP contribution in [-0.4, -0.2) is 21.5 Å². The maximum Gasteiger partial charge on any atom is 0.190 e. The molecule has 0 aliphatic carbocycles. The minimum Gasteiger partial charge on any atom is -0.370 e. The summed E-state index contributed by atoms with van der Waals surface area (Å²) in [5, 5.41) is 6.05. The van der Waals surface area contributed by atoms with Crippen LogP contribution in [0.1, 0.15) is 33.4 Å². The van der Waals surface area contributed by atoms with Crippen LogP contribution in [-0.2, 0) is 5.41 Å². The van der Waals surface area contributed by atoms with E-state index in [2.05, 4.69) is 48.0 Å². The van der Waals surface area contributed by atoms with Crippen molar-refractivity contribution in [2.45, 2.75) is 33.1 Å². The topological polar surface area (TPSA) is 50.7 Å². The smallest absolute Gasteiger partial charge is 0.190 e. The molecule has 0 atom stereocenters. The van der Waals surface area contributed by atoms with Crippen LogP contribution in [0.5, 0.6) is 0 Å². The zero-order valence-corrected chi connectivity index (χ0v) is 12.0. The van der Waals surface area contributed by atoms with Gasteiger partial charge in [0.2, 0.25) is 0 Å². The summed E-state index contributed by atoms with van der Waals surface area (Å²) in [5.41, 5.74) is 1.03. The zero-order valence-electron chi connectivity index (χ0n) is 11.2. The number of hydrogen-bond donors (Lipinski definition) is 1. The second-order valence-corrected chi connectivity index (χ2v) is 5.97. The van der Waals surface area contributed by atoms with Crippen LogP contribution in [0.2, 0.25) is 0 Å². The molecule has 0 amide bonds. The number of aromatic nitrogens is 3. The third-order valence-electron chi connectivity index (χ3n) is 2.48. The fourth-order valence-electron chi connectivity index (χ4n) is 1.53. The van der Waals surface area contributed by atoms with Crippen LogP contribution in [0.4, 0.5) is 5.82 Å². The SMILES string of the molecule is CCNc1cc(C(C)(C)C)nc(-c2nccs2)n1. The number of rotatable bonds is 3. The first-order chi connectivity index (χ1) is 8.50. The van der Waals surface area contributed by atoms with Gasteiger partial charge in [-0.3, -0.25) is 0 Å². The van der Waals surface area contributed by atoms with E-state index in [1.807, 2.05) is 11.4 Å². The van der Waals surface area contributed by atoms with Crippen LogP contribution in [0.25, 0.3) is 10.8 Å². The van der Waals surface area contributed by atoms with Crippen molar-refractivity contribution in [1.29, 1.82) is 0 Å². The molecule has 0 aliphatic rings. The van der Waals surface area contributed by atoms with Crippen molar-refractivity contribution in [3.63, 3.8) is 0 Å². The lowest BCUT2D eigenvalue weighted by Gasteiger charge is -2.19. The summed E-state index contributed by atoms with van der Waals surface area (Å²) in [5.74, 6) is 1.57. The highest BCUT2D eigenvalue weighted by Gasteiger charge is 2.19. The highest BCUT2D eigenvalue weighted by molar-refractivity contribution is 7.13. The first-order valence-corrected chi connectivity index (χ1v) is 6.92. The number of hydrogen-bond acceptors (Lipinski definition) is 5. The summed E-state index contributed by atoms with van der Waals surface area (Å²) in [4.78, 5) is 13.4. The Morgan fingerprint density at radius 3 is 2.61 bits per heavy atom. The molecule has 0 saturated heterocycles. The molecule has 0 fully saturated rings. The zero-order chi connectivity index (χ0) is 13.2. The largest absolute Gasteiger partial charge is 0.370 e. The molecule has 2 rings (SSSR count). The van der Waals surface area contributed by atoms with Gasteiger partial charge in [0, 0.05) is 29.6 Å². The quantitative estimate of drug-likeness (QED) is 0.921. The van der Waals surface area contributed by atoms with Crippen LogP contribution in [0, 0.1) is 0 Å². The average Bonchev–Trinajstić information content (AvgIpc) is 2.81. The standard InChI is InChI=1S/C13H18N4S/c1-5-14-10-8-9(13(2,3)4)16-11(17-10)12-15-6-7-18-12/h6-8H,5H2,1-4H3,(H,14,16,17). The molecular weight excluding hydrogens is 244 g/mol. The second kappa shape index (κ2) is 5.02. The van der Waals surface area contributed by atoms with Crippen molar-refractivity contribution in [1.82, 2.24) is 15.0 Å². The van der Waals surface area contributed by atoms with Gasteiger partial charge in [-0.2, -0.15) is 0 Å². The van der Waals surface area contributed by atoms with E-state index in [9.17, 15) is 0 Å². The predicted molar refractivity (Wildman–Crippen MR) is 76.0 cm³/mol. The molecule has 2 heterocycles. The van der Waals surface area contributed by atoms with E-state index < -0.39 is 0 Å². The van der Waals surface area contributed by atoms with Gasteiger partial charge in [0.15, 0.2) is 10.8 Å². The Hall–Kier alpha value is -1.49. The van der Waals surface area contributed by atoms with E-state index in [4.69, 9.17) is 0 Å². The molecule has 2 aromatic rings.